The highest BCUT2D eigenvalue weighted by molar-refractivity contribution is 7.89. The quantitative estimate of drug-likeness (QED) is 0.638. The molecule has 0 bridgehead atoms. The number of pyridine rings is 1. The Morgan fingerprint density at radius 2 is 1.90 bits per heavy atom. The van der Waals surface area contributed by atoms with Crippen molar-refractivity contribution in [3.8, 4) is 0 Å². The van der Waals surface area contributed by atoms with E-state index in [1.807, 2.05) is 31.2 Å². The van der Waals surface area contributed by atoms with Crippen LogP contribution in [0.25, 0.3) is 10.9 Å². The van der Waals surface area contributed by atoms with Crippen molar-refractivity contribution in [2.24, 2.45) is 5.92 Å². The molecule has 0 aliphatic carbocycles. The van der Waals surface area contributed by atoms with E-state index in [1.54, 1.807) is 18.2 Å². The standard InChI is InChI=1S/C23H25N3O4S/c1-16-4-6-17(7-5-16)14-24-23(28)19-3-2-12-26(15-19)31(29,30)20-9-10-21-18(13-20)8-11-22(27)25-21/h4-11,13,19H,2-3,12,14-15H2,1H3,(H,24,28)(H,25,27)/t19-/m1/s1. The number of fused-ring (bicyclic) bond motifs is 1. The molecule has 2 heterocycles. The lowest BCUT2D eigenvalue weighted by molar-refractivity contribution is -0.126. The van der Waals surface area contributed by atoms with E-state index in [2.05, 4.69) is 10.3 Å². The lowest BCUT2D eigenvalue weighted by Crippen LogP contribution is -2.45. The number of benzene rings is 2. The van der Waals surface area contributed by atoms with Gasteiger partial charge in [0.2, 0.25) is 21.5 Å². The maximum Gasteiger partial charge on any atom is 0.248 e. The highest BCUT2D eigenvalue weighted by Crippen LogP contribution is 2.25. The zero-order chi connectivity index (χ0) is 22.0. The summed E-state index contributed by atoms with van der Waals surface area (Å²) in [5.41, 5.74) is 2.51. The molecule has 8 heteroatoms. The van der Waals surface area contributed by atoms with Crippen molar-refractivity contribution in [2.45, 2.75) is 31.2 Å². The van der Waals surface area contributed by atoms with Crippen molar-refractivity contribution in [1.82, 2.24) is 14.6 Å². The van der Waals surface area contributed by atoms with Gasteiger partial charge in [-0.25, -0.2) is 8.42 Å². The molecule has 3 aromatic rings. The van der Waals surface area contributed by atoms with Crippen LogP contribution in [0, 0.1) is 12.8 Å². The van der Waals surface area contributed by atoms with Crippen LogP contribution in [-0.2, 0) is 21.4 Å². The molecule has 1 aliphatic heterocycles. The molecule has 0 unspecified atom stereocenters. The fraction of sp³-hybridized carbons (Fsp3) is 0.304. The molecule has 162 valence electrons. The summed E-state index contributed by atoms with van der Waals surface area (Å²) in [6.07, 6.45) is 1.29. The first kappa shape index (κ1) is 21.3. The number of carbonyl (C=O) groups is 1. The highest BCUT2D eigenvalue weighted by atomic mass is 32.2. The lowest BCUT2D eigenvalue weighted by atomic mass is 9.98. The number of H-pyrrole nitrogens is 1. The van der Waals surface area contributed by atoms with Gasteiger partial charge in [-0.3, -0.25) is 9.59 Å². The van der Waals surface area contributed by atoms with E-state index in [4.69, 9.17) is 0 Å². The number of rotatable bonds is 5. The molecule has 31 heavy (non-hydrogen) atoms. The molecule has 7 nitrogen and oxygen atoms in total. The van der Waals surface area contributed by atoms with Gasteiger partial charge in [0.15, 0.2) is 0 Å². The number of hydrogen-bond donors (Lipinski definition) is 2. The predicted molar refractivity (Wildman–Crippen MR) is 119 cm³/mol. The highest BCUT2D eigenvalue weighted by Gasteiger charge is 2.33. The molecular formula is C23H25N3O4S. The number of aromatic nitrogens is 1. The van der Waals surface area contributed by atoms with Gasteiger partial charge in [-0.05, 0) is 55.0 Å². The minimum atomic E-state index is -3.74. The van der Waals surface area contributed by atoms with Gasteiger partial charge in [-0.2, -0.15) is 4.31 Å². The minimum absolute atomic E-state index is 0.128. The number of sulfonamides is 1. The predicted octanol–water partition coefficient (Wildman–Crippen LogP) is 2.55. The number of aryl methyl sites for hydroxylation is 1. The van der Waals surface area contributed by atoms with Gasteiger partial charge in [0.25, 0.3) is 0 Å². The monoisotopic (exact) mass is 439 g/mol. The van der Waals surface area contributed by atoms with Crippen LogP contribution < -0.4 is 10.9 Å². The fourth-order valence-corrected chi connectivity index (χ4v) is 5.42. The Labute approximate surface area is 181 Å². The molecule has 1 aromatic heterocycles. The topological polar surface area (TPSA) is 99.3 Å². The van der Waals surface area contributed by atoms with Gasteiger partial charge in [0.1, 0.15) is 0 Å². The Kier molecular flexibility index (Phi) is 5.93. The molecule has 1 atom stereocenters. The lowest BCUT2D eigenvalue weighted by Gasteiger charge is -2.31. The molecule has 1 aliphatic rings. The molecule has 1 amide bonds. The summed E-state index contributed by atoms with van der Waals surface area (Å²) in [5, 5.41) is 3.58. The summed E-state index contributed by atoms with van der Waals surface area (Å²) >= 11 is 0. The Bertz CT molecular complexity index is 1270. The summed E-state index contributed by atoms with van der Waals surface area (Å²) < 4.78 is 27.8. The third-order valence-electron chi connectivity index (χ3n) is 5.68. The largest absolute Gasteiger partial charge is 0.352 e. The zero-order valence-electron chi connectivity index (χ0n) is 17.3. The van der Waals surface area contributed by atoms with Crippen molar-refractivity contribution in [3.05, 3.63) is 76.1 Å². The number of piperidine rings is 1. The number of nitrogens with one attached hydrogen (secondary N) is 2. The van der Waals surface area contributed by atoms with Crippen molar-refractivity contribution in [1.29, 1.82) is 0 Å². The van der Waals surface area contributed by atoms with Gasteiger partial charge in [0.05, 0.1) is 10.8 Å². The zero-order valence-corrected chi connectivity index (χ0v) is 18.1. The van der Waals surface area contributed by atoms with Crippen LogP contribution in [0.4, 0.5) is 0 Å². The second kappa shape index (κ2) is 8.64. The molecule has 0 spiro atoms. The Morgan fingerprint density at radius 1 is 1.13 bits per heavy atom. The molecule has 4 rings (SSSR count). The number of aromatic amines is 1. The maximum absolute atomic E-state index is 13.2. The molecule has 2 N–H and O–H groups in total. The molecule has 2 aromatic carbocycles. The van der Waals surface area contributed by atoms with E-state index in [1.165, 1.54) is 16.4 Å². The van der Waals surface area contributed by atoms with E-state index in [9.17, 15) is 18.0 Å². The van der Waals surface area contributed by atoms with Gasteiger partial charge >= 0.3 is 0 Å². The van der Waals surface area contributed by atoms with Gasteiger partial charge in [-0.15, -0.1) is 0 Å². The first-order valence-electron chi connectivity index (χ1n) is 10.3. The minimum Gasteiger partial charge on any atom is -0.352 e. The van der Waals surface area contributed by atoms with Crippen molar-refractivity contribution >= 4 is 26.8 Å². The van der Waals surface area contributed by atoms with Crippen LogP contribution in [0.5, 0.6) is 0 Å². The van der Waals surface area contributed by atoms with E-state index >= 15 is 0 Å². The normalized spacial score (nSPS) is 17.5. The third-order valence-corrected chi connectivity index (χ3v) is 7.54. The SMILES string of the molecule is Cc1ccc(CNC(=O)[C@@H]2CCCN(S(=O)(=O)c3ccc4[nH]c(=O)ccc4c3)C2)cc1. The van der Waals surface area contributed by atoms with Crippen LogP contribution in [0.3, 0.4) is 0 Å². The van der Waals surface area contributed by atoms with Gasteiger partial charge in [-0.1, -0.05) is 29.8 Å². The van der Waals surface area contributed by atoms with Crippen LogP contribution in [0.2, 0.25) is 0 Å². The Hall–Kier alpha value is -2.97. The van der Waals surface area contributed by atoms with Gasteiger partial charge < -0.3 is 10.3 Å². The Balaban J connectivity index is 1.46. The molecule has 0 radical (unpaired) electrons. The van der Waals surface area contributed by atoms with Crippen molar-refractivity contribution < 1.29 is 13.2 Å². The number of amides is 1. The van der Waals surface area contributed by atoms with E-state index in [-0.39, 0.29) is 28.8 Å². The van der Waals surface area contributed by atoms with Gasteiger partial charge in [0, 0.05) is 31.2 Å². The summed E-state index contributed by atoms with van der Waals surface area (Å²) in [6, 6.07) is 15.6. The molecule has 1 fully saturated rings. The summed E-state index contributed by atoms with van der Waals surface area (Å²) in [4.78, 5) is 27.0. The second-order valence-corrected chi connectivity index (χ2v) is 9.92. The summed E-state index contributed by atoms with van der Waals surface area (Å²) in [5.74, 6) is -0.512. The summed E-state index contributed by atoms with van der Waals surface area (Å²) in [6.45, 7) is 2.97. The van der Waals surface area contributed by atoms with Crippen LogP contribution in [0.15, 0.2) is 64.3 Å². The first-order chi connectivity index (χ1) is 14.8. The summed E-state index contributed by atoms with van der Waals surface area (Å²) in [7, 11) is -3.74. The fourth-order valence-electron chi connectivity index (χ4n) is 3.86. The van der Waals surface area contributed by atoms with Crippen LogP contribution >= 0.6 is 0 Å². The van der Waals surface area contributed by atoms with E-state index in [0.29, 0.717) is 36.8 Å². The average Bonchev–Trinajstić information content (AvgIpc) is 2.78. The van der Waals surface area contributed by atoms with E-state index < -0.39 is 10.0 Å². The van der Waals surface area contributed by atoms with E-state index in [0.717, 1.165) is 11.1 Å². The number of hydrogen-bond acceptors (Lipinski definition) is 4. The number of nitrogens with zero attached hydrogens (tertiary/aromatic N) is 1. The van der Waals surface area contributed by atoms with Crippen molar-refractivity contribution in [3.63, 3.8) is 0 Å². The second-order valence-electron chi connectivity index (χ2n) is 7.98. The van der Waals surface area contributed by atoms with Crippen molar-refractivity contribution in [2.75, 3.05) is 13.1 Å². The van der Waals surface area contributed by atoms with Crippen LogP contribution in [-0.4, -0.2) is 36.7 Å². The molecule has 1 saturated heterocycles. The maximum atomic E-state index is 13.2. The third kappa shape index (κ3) is 4.70. The first-order valence-corrected chi connectivity index (χ1v) is 11.7. The molecule has 0 saturated carbocycles. The average molecular weight is 440 g/mol. The Morgan fingerprint density at radius 3 is 2.68 bits per heavy atom. The molecular weight excluding hydrogens is 414 g/mol. The number of carbonyl (C=O) groups excluding carboxylic acids is 1. The smallest absolute Gasteiger partial charge is 0.248 e. The van der Waals surface area contributed by atoms with Crippen LogP contribution in [0.1, 0.15) is 24.0 Å².